The predicted octanol–water partition coefficient (Wildman–Crippen LogP) is 3.91. The third kappa shape index (κ3) is 3.60. The fourth-order valence-electron chi connectivity index (χ4n) is 2.83. The molecule has 0 amide bonds. The summed E-state index contributed by atoms with van der Waals surface area (Å²) in [5, 5.41) is 10.3. The van der Waals surface area contributed by atoms with E-state index in [0.717, 1.165) is 22.6 Å². The van der Waals surface area contributed by atoms with E-state index in [2.05, 4.69) is 31.0 Å². The minimum Gasteiger partial charge on any atom is -0.491 e. The van der Waals surface area contributed by atoms with Crippen molar-refractivity contribution >= 4 is 11.0 Å². The molecule has 126 valence electrons. The third-order valence-electron chi connectivity index (χ3n) is 4.23. The number of aliphatic hydroxyl groups is 1. The number of aliphatic hydroxyl groups excluding tert-OH is 1. The van der Waals surface area contributed by atoms with E-state index in [1.165, 1.54) is 5.56 Å². The number of ether oxygens (including phenoxy) is 1. The van der Waals surface area contributed by atoms with Gasteiger partial charge in [0.1, 0.15) is 24.3 Å². The number of nitrogens with zero attached hydrogens (tertiary/aromatic N) is 2. The highest BCUT2D eigenvalue weighted by atomic mass is 16.5. The van der Waals surface area contributed by atoms with Gasteiger partial charge >= 0.3 is 0 Å². The Morgan fingerprint density at radius 1 is 1.08 bits per heavy atom. The van der Waals surface area contributed by atoms with Gasteiger partial charge in [-0.1, -0.05) is 38.1 Å². The van der Waals surface area contributed by atoms with Crippen LogP contribution in [0.25, 0.3) is 11.0 Å². The van der Waals surface area contributed by atoms with Crippen LogP contribution in [0.5, 0.6) is 5.75 Å². The SMILES string of the molecule is Cc1nc2ccccc2n1CC(O)COc1ccc(C(C)C)cc1. The Morgan fingerprint density at radius 3 is 2.50 bits per heavy atom. The van der Waals surface area contributed by atoms with Crippen molar-refractivity contribution < 1.29 is 9.84 Å². The average Bonchev–Trinajstić information content (AvgIpc) is 2.89. The van der Waals surface area contributed by atoms with Crippen LogP contribution in [0.1, 0.15) is 31.2 Å². The smallest absolute Gasteiger partial charge is 0.119 e. The van der Waals surface area contributed by atoms with E-state index in [0.29, 0.717) is 12.5 Å². The molecule has 1 atom stereocenters. The van der Waals surface area contributed by atoms with Crippen LogP contribution in [0.15, 0.2) is 48.5 Å². The molecule has 4 heteroatoms. The zero-order chi connectivity index (χ0) is 17.1. The largest absolute Gasteiger partial charge is 0.491 e. The number of aryl methyl sites for hydroxylation is 1. The summed E-state index contributed by atoms with van der Waals surface area (Å²) >= 11 is 0. The number of hydrogen-bond donors (Lipinski definition) is 1. The van der Waals surface area contributed by atoms with E-state index in [1.54, 1.807) is 0 Å². The highest BCUT2D eigenvalue weighted by Crippen LogP contribution is 2.19. The molecule has 0 aliphatic heterocycles. The zero-order valence-electron chi connectivity index (χ0n) is 14.4. The lowest BCUT2D eigenvalue weighted by molar-refractivity contribution is 0.0929. The summed E-state index contributed by atoms with van der Waals surface area (Å²) in [5.74, 6) is 2.18. The minimum absolute atomic E-state index is 0.257. The highest BCUT2D eigenvalue weighted by Gasteiger charge is 2.12. The summed E-state index contributed by atoms with van der Waals surface area (Å²) in [6.07, 6.45) is -0.592. The summed E-state index contributed by atoms with van der Waals surface area (Å²) in [4.78, 5) is 4.52. The maximum Gasteiger partial charge on any atom is 0.119 e. The number of rotatable bonds is 6. The number of fused-ring (bicyclic) bond motifs is 1. The number of hydrogen-bond acceptors (Lipinski definition) is 3. The quantitative estimate of drug-likeness (QED) is 0.748. The number of benzene rings is 2. The molecule has 3 aromatic rings. The molecule has 0 spiro atoms. The van der Waals surface area contributed by atoms with Crippen molar-refractivity contribution in [3.8, 4) is 5.75 Å². The van der Waals surface area contributed by atoms with E-state index < -0.39 is 6.10 Å². The second-order valence-electron chi connectivity index (χ2n) is 6.45. The van der Waals surface area contributed by atoms with Crippen LogP contribution in [0.2, 0.25) is 0 Å². The normalized spacial score (nSPS) is 12.7. The molecule has 0 saturated carbocycles. The molecule has 1 unspecified atom stereocenters. The van der Waals surface area contributed by atoms with Gasteiger partial charge in [0.15, 0.2) is 0 Å². The van der Waals surface area contributed by atoms with E-state index in [9.17, 15) is 5.11 Å². The van der Waals surface area contributed by atoms with E-state index in [-0.39, 0.29) is 6.61 Å². The first-order chi connectivity index (χ1) is 11.5. The van der Waals surface area contributed by atoms with Crippen molar-refractivity contribution in [2.24, 2.45) is 0 Å². The van der Waals surface area contributed by atoms with Crippen LogP contribution < -0.4 is 4.74 Å². The Bertz CT molecular complexity index is 806. The van der Waals surface area contributed by atoms with Crippen molar-refractivity contribution in [3.05, 3.63) is 59.9 Å². The number of para-hydroxylation sites is 2. The van der Waals surface area contributed by atoms with Crippen molar-refractivity contribution in [1.29, 1.82) is 0 Å². The molecule has 24 heavy (non-hydrogen) atoms. The summed E-state index contributed by atoms with van der Waals surface area (Å²) in [5.41, 5.74) is 3.27. The van der Waals surface area contributed by atoms with Crippen molar-refractivity contribution in [2.75, 3.05) is 6.61 Å². The Labute approximate surface area is 142 Å². The molecule has 0 radical (unpaired) electrons. The van der Waals surface area contributed by atoms with Gasteiger partial charge in [0.25, 0.3) is 0 Å². The van der Waals surface area contributed by atoms with Gasteiger partial charge in [0, 0.05) is 0 Å². The fourth-order valence-corrected chi connectivity index (χ4v) is 2.83. The van der Waals surface area contributed by atoms with E-state index in [4.69, 9.17) is 4.74 Å². The first-order valence-electron chi connectivity index (χ1n) is 8.37. The molecule has 1 heterocycles. The van der Waals surface area contributed by atoms with Gasteiger partial charge < -0.3 is 14.4 Å². The molecule has 0 aliphatic rings. The van der Waals surface area contributed by atoms with Gasteiger partial charge in [0.05, 0.1) is 17.6 Å². The molecule has 0 saturated heterocycles. The topological polar surface area (TPSA) is 47.3 Å². The van der Waals surface area contributed by atoms with Crippen LogP contribution in [-0.4, -0.2) is 27.4 Å². The van der Waals surface area contributed by atoms with Gasteiger partial charge in [-0.2, -0.15) is 0 Å². The first kappa shape index (κ1) is 16.5. The Morgan fingerprint density at radius 2 is 1.79 bits per heavy atom. The third-order valence-corrected chi connectivity index (χ3v) is 4.23. The maximum absolute atomic E-state index is 10.3. The second kappa shape index (κ2) is 7.05. The Hall–Kier alpha value is -2.33. The molecule has 1 aromatic heterocycles. The Balaban J connectivity index is 1.63. The van der Waals surface area contributed by atoms with Gasteiger partial charge in [0.2, 0.25) is 0 Å². The zero-order valence-corrected chi connectivity index (χ0v) is 14.4. The van der Waals surface area contributed by atoms with Crippen LogP contribution >= 0.6 is 0 Å². The van der Waals surface area contributed by atoms with Gasteiger partial charge in [-0.3, -0.25) is 0 Å². The van der Waals surface area contributed by atoms with Crippen LogP contribution in [-0.2, 0) is 6.54 Å². The average molecular weight is 324 g/mol. The van der Waals surface area contributed by atoms with Crippen molar-refractivity contribution in [1.82, 2.24) is 9.55 Å². The number of imidazole rings is 1. The predicted molar refractivity (Wildman–Crippen MR) is 96.5 cm³/mol. The lowest BCUT2D eigenvalue weighted by Gasteiger charge is -2.15. The van der Waals surface area contributed by atoms with Gasteiger partial charge in [-0.25, -0.2) is 4.98 Å². The molecular formula is C20H24N2O2. The molecule has 0 fully saturated rings. The number of aromatic nitrogens is 2. The first-order valence-corrected chi connectivity index (χ1v) is 8.37. The maximum atomic E-state index is 10.3. The molecule has 2 aromatic carbocycles. The molecule has 1 N–H and O–H groups in total. The molecule has 0 aliphatic carbocycles. The summed E-state index contributed by atoms with van der Waals surface area (Å²) < 4.78 is 7.75. The molecular weight excluding hydrogens is 300 g/mol. The summed E-state index contributed by atoms with van der Waals surface area (Å²) in [6, 6.07) is 16.0. The lowest BCUT2D eigenvalue weighted by Crippen LogP contribution is -2.24. The molecule has 0 bridgehead atoms. The van der Waals surface area contributed by atoms with Gasteiger partial charge in [-0.05, 0) is 42.7 Å². The van der Waals surface area contributed by atoms with Crippen LogP contribution in [0.4, 0.5) is 0 Å². The molecule has 4 nitrogen and oxygen atoms in total. The van der Waals surface area contributed by atoms with Crippen LogP contribution in [0.3, 0.4) is 0 Å². The fraction of sp³-hybridized carbons (Fsp3) is 0.350. The lowest BCUT2D eigenvalue weighted by atomic mass is 10.0. The minimum atomic E-state index is -0.592. The van der Waals surface area contributed by atoms with Gasteiger partial charge in [-0.15, -0.1) is 0 Å². The summed E-state index contributed by atoms with van der Waals surface area (Å²) in [6.45, 7) is 7.01. The van der Waals surface area contributed by atoms with Crippen molar-refractivity contribution in [2.45, 2.75) is 39.3 Å². The van der Waals surface area contributed by atoms with E-state index >= 15 is 0 Å². The monoisotopic (exact) mass is 324 g/mol. The standard InChI is InChI=1S/C20H24N2O2/c1-14(2)16-8-10-18(11-9-16)24-13-17(23)12-22-15(3)21-19-6-4-5-7-20(19)22/h4-11,14,17,23H,12-13H2,1-3H3. The van der Waals surface area contributed by atoms with Crippen molar-refractivity contribution in [3.63, 3.8) is 0 Å². The highest BCUT2D eigenvalue weighted by molar-refractivity contribution is 5.75. The van der Waals surface area contributed by atoms with E-state index in [1.807, 2.05) is 47.9 Å². The van der Waals surface area contributed by atoms with Crippen LogP contribution in [0, 0.1) is 6.92 Å². The second-order valence-corrected chi connectivity index (χ2v) is 6.45. The Kier molecular flexibility index (Phi) is 4.86. The molecule has 3 rings (SSSR count). The summed E-state index contributed by atoms with van der Waals surface area (Å²) in [7, 11) is 0.